The predicted octanol–water partition coefficient (Wildman–Crippen LogP) is 3.88. The number of thiophene rings is 1. The van der Waals surface area contributed by atoms with Gasteiger partial charge in [-0.15, -0.1) is 11.3 Å². The van der Waals surface area contributed by atoms with E-state index in [4.69, 9.17) is 11.6 Å². The lowest BCUT2D eigenvalue weighted by Crippen LogP contribution is -2.16. The van der Waals surface area contributed by atoms with Crippen LogP contribution in [0.25, 0.3) is 0 Å². The van der Waals surface area contributed by atoms with Crippen LogP contribution < -0.4 is 5.32 Å². The van der Waals surface area contributed by atoms with Crippen LogP contribution in [0, 0.1) is 0 Å². The summed E-state index contributed by atoms with van der Waals surface area (Å²) in [5.41, 5.74) is 0.890. The maximum absolute atomic E-state index is 11.6. The van der Waals surface area contributed by atoms with Crippen LogP contribution in [0.2, 0.25) is 4.34 Å². The van der Waals surface area contributed by atoms with Crippen LogP contribution in [0.5, 0.6) is 0 Å². The lowest BCUT2D eigenvalue weighted by molar-refractivity contribution is 0.601. The molecule has 0 saturated carbocycles. The largest absolute Gasteiger partial charge is 0.309 e. The van der Waals surface area contributed by atoms with Crippen molar-refractivity contribution in [1.29, 1.82) is 0 Å². The fourth-order valence-corrected chi connectivity index (χ4v) is 4.45. The van der Waals surface area contributed by atoms with Crippen molar-refractivity contribution in [1.82, 2.24) is 5.32 Å². The molecule has 1 aromatic carbocycles. The van der Waals surface area contributed by atoms with E-state index in [2.05, 4.69) is 21.2 Å². The van der Waals surface area contributed by atoms with Gasteiger partial charge < -0.3 is 5.32 Å². The van der Waals surface area contributed by atoms with E-state index < -0.39 is 9.84 Å². The van der Waals surface area contributed by atoms with Gasteiger partial charge >= 0.3 is 0 Å². The molecule has 20 heavy (non-hydrogen) atoms. The maximum atomic E-state index is 11.6. The van der Waals surface area contributed by atoms with Gasteiger partial charge in [0.15, 0.2) is 9.84 Å². The third-order valence-corrected chi connectivity index (χ3v) is 6.51. The zero-order valence-electron chi connectivity index (χ0n) is 10.9. The van der Waals surface area contributed by atoms with Gasteiger partial charge in [-0.05, 0) is 46.7 Å². The Morgan fingerprint density at radius 2 is 2.05 bits per heavy atom. The highest BCUT2D eigenvalue weighted by atomic mass is 79.9. The van der Waals surface area contributed by atoms with E-state index in [1.54, 1.807) is 18.2 Å². The van der Waals surface area contributed by atoms with E-state index in [-0.39, 0.29) is 6.04 Å². The normalized spacial score (nSPS) is 13.4. The molecule has 0 aliphatic heterocycles. The minimum Gasteiger partial charge on any atom is -0.309 e. The Labute approximate surface area is 136 Å². The average molecular weight is 395 g/mol. The summed E-state index contributed by atoms with van der Waals surface area (Å²) >= 11 is 10.9. The first-order chi connectivity index (χ1) is 9.32. The third-order valence-electron chi connectivity index (χ3n) is 2.86. The van der Waals surface area contributed by atoms with Gasteiger partial charge in [0, 0.05) is 15.6 Å². The summed E-state index contributed by atoms with van der Waals surface area (Å²) in [7, 11) is -1.38. The summed E-state index contributed by atoms with van der Waals surface area (Å²) in [5.74, 6) is 0. The monoisotopic (exact) mass is 393 g/mol. The highest BCUT2D eigenvalue weighted by Crippen LogP contribution is 2.37. The van der Waals surface area contributed by atoms with E-state index in [0.717, 1.165) is 14.9 Å². The molecule has 0 bridgehead atoms. The van der Waals surface area contributed by atoms with Crippen LogP contribution >= 0.6 is 38.9 Å². The number of rotatable bonds is 4. The summed E-state index contributed by atoms with van der Waals surface area (Å²) < 4.78 is 24.8. The van der Waals surface area contributed by atoms with Crippen molar-refractivity contribution in [3.63, 3.8) is 0 Å². The van der Waals surface area contributed by atoms with E-state index in [9.17, 15) is 8.42 Å². The maximum Gasteiger partial charge on any atom is 0.175 e. The van der Waals surface area contributed by atoms with Crippen molar-refractivity contribution >= 4 is 48.7 Å². The molecule has 2 rings (SSSR count). The number of benzene rings is 1. The molecule has 0 fully saturated rings. The predicted molar refractivity (Wildman–Crippen MR) is 87.5 cm³/mol. The number of nitrogens with one attached hydrogen (secondary N) is 1. The lowest BCUT2D eigenvalue weighted by atomic mass is 10.1. The highest BCUT2D eigenvalue weighted by molar-refractivity contribution is 9.10. The van der Waals surface area contributed by atoms with Crippen molar-refractivity contribution in [2.75, 3.05) is 13.3 Å². The summed E-state index contributed by atoms with van der Waals surface area (Å²) in [6, 6.07) is 8.80. The fourth-order valence-electron chi connectivity index (χ4n) is 1.90. The minimum atomic E-state index is -3.21. The zero-order chi connectivity index (χ0) is 14.9. The van der Waals surface area contributed by atoms with Gasteiger partial charge in [-0.25, -0.2) is 8.42 Å². The topological polar surface area (TPSA) is 46.2 Å². The molecule has 0 radical (unpaired) electrons. The molecule has 0 aliphatic carbocycles. The van der Waals surface area contributed by atoms with Gasteiger partial charge in [-0.1, -0.05) is 23.7 Å². The first kappa shape index (κ1) is 16.0. The molecule has 3 nitrogen and oxygen atoms in total. The fraction of sp³-hybridized carbons (Fsp3) is 0.231. The van der Waals surface area contributed by atoms with Gasteiger partial charge in [0.1, 0.15) is 4.34 Å². The molecular weight excluding hydrogens is 382 g/mol. The molecule has 7 heteroatoms. The Morgan fingerprint density at radius 3 is 2.55 bits per heavy atom. The number of sulfone groups is 1. The average Bonchev–Trinajstić information content (AvgIpc) is 2.69. The Morgan fingerprint density at radius 1 is 1.35 bits per heavy atom. The number of halogens is 2. The third kappa shape index (κ3) is 3.43. The van der Waals surface area contributed by atoms with Crippen LogP contribution in [0.1, 0.15) is 16.5 Å². The second-order valence-corrected chi connectivity index (χ2v) is 8.89. The Bertz CT molecular complexity index is 708. The van der Waals surface area contributed by atoms with Gasteiger partial charge in [0.05, 0.1) is 10.9 Å². The van der Waals surface area contributed by atoms with Crippen molar-refractivity contribution in [3.8, 4) is 0 Å². The quantitative estimate of drug-likeness (QED) is 0.856. The van der Waals surface area contributed by atoms with Gasteiger partial charge in [0.2, 0.25) is 0 Å². The first-order valence-electron chi connectivity index (χ1n) is 5.75. The van der Waals surface area contributed by atoms with Crippen LogP contribution in [0.3, 0.4) is 0 Å². The minimum absolute atomic E-state index is 0.0921. The molecule has 2 aromatic rings. The van der Waals surface area contributed by atoms with E-state index in [0.29, 0.717) is 9.23 Å². The second kappa shape index (κ2) is 6.15. The van der Waals surface area contributed by atoms with Crippen LogP contribution in [0.15, 0.2) is 39.7 Å². The zero-order valence-corrected chi connectivity index (χ0v) is 14.8. The van der Waals surface area contributed by atoms with E-state index >= 15 is 0 Å². The van der Waals surface area contributed by atoms with Crippen LogP contribution in [-0.4, -0.2) is 21.7 Å². The van der Waals surface area contributed by atoms with Crippen LogP contribution in [-0.2, 0) is 9.84 Å². The SMILES string of the molecule is CNC(c1cccc(S(C)(=O)=O)c1)c1cc(Br)c(Cl)s1. The smallest absolute Gasteiger partial charge is 0.175 e. The number of hydrogen-bond acceptors (Lipinski definition) is 4. The molecular formula is C13H13BrClNO2S2. The van der Waals surface area contributed by atoms with Gasteiger partial charge in [-0.3, -0.25) is 0 Å². The number of hydrogen-bond donors (Lipinski definition) is 1. The standard InChI is InChI=1S/C13H13BrClNO2S2/c1-16-12(11-7-10(14)13(15)19-11)8-4-3-5-9(6-8)20(2,17)18/h3-7,12,16H,1-2H3. The Balaban J connectivity index is 2.47. The van der Waals surface area contributed by atoms with Crippen LogP contribution in [0.4, 0.5) is 0 Å². The highest BCUT2D eigenvalue weighted by Gasteiger charge is 2.18. The molecule has 1 aromatic heterocycles. The lowest BCUT2D eigenvalue weighted by Gasteiger charge is -2.15. The molecule has 1 heterocycles. The first-order valence-corrected chi connectivity index (χ1v) is 9.63. The van der Waals surface area contributed by atoms with Gasteiger partial charge in [0.25, 0.3) is 0 Å². The molecule has 0 aliphatic rings. The molecule has 108 valence electrons. The van der Waals surface area contributed by atoms with Crippen molar-refractivity contribution in [2.24, 2.45) is 0 Å². The second-order valence-electron chi connectivity index (χ2n) is 4.34. The molecule has 0 saturated heterocycles. The van der Waals surface area contributed by atoms with Crippen molar-refractivity contribution in [2.45, 2.75) is 10.9 Å². The van der Waals surface area contributed by atoms with E-state index in [1.807, 2.05) is 19.2 Å². The van der Waals surface area contributed by atoms with Gasteiger partial charge in [-0.2, -0.15) is 0 Å². The summed E-state index contributed by atoms with van der Waals surface area (Å²) in [4.78, 5) is 1.34. The summed E-state index contributed by atoms with van der Waals surface area (Å²) in [6.45, 7) is 0. The molecule has 1 unspecified atom stereocenters. The molecule has 0 spiro atoms. The molecule has 0 amide bonds. The Hall–Kier alpha value is -0.400. The summed E-state index contributed by atoms with van der Waals surface area (Å²) in [6.07, 6.45) is 1.21. The molecule has 1 atom stereocenters. The van der Waals surface area contributed by atoms with Crippen molar-refractivity contribution < 1.29 is 8.42 Å². The summed E-state index contributed by atoms with van der Waals surface area (Å²) in [5, 5.41) is 3.19. The van der Waals surface area contributed by atoms with Crippen molar-refractivity contribution in [3.05, 3.63) is 49.6 Å². The Kier molecular flexibility index (Phi) is 4.92. The molecule has 1 N–H and O–H groups in total. The van der Waals surface area contributed by atoms with E-state index in [1.165, 1.54) is 17.6 Å².